The van der Waals surface area contributed by atoms with Gasteiger partial charge in [0.15, 0.2) is 0 Å². The zero-order valence-electron chi connectivity index (χ0n) is 13.9. The number of amides is 1. The molecule has 5 nitrogen and oxygen atoms in total. The van der Waals surface area contributed by atoms with Gasteiger partial charge in [-0.05, 0) is 30.2 Å². The quantitative estimate of drug-likeness (QED) is 0.903. The van der Waals surface area contributed by atoms with Crippen LogP contribution in [0, 0.1) is 17.7 Å². The van der Waals surface area contributed by atoms with E-state index in [9.17, 15) is 14.0 Å². The first-order valence-electron chi connectivity index (χ1n) is 8.30. The number of furan rings is 1. The summed E-state index contributed by atoms with van der Waals surface area (Å²) in [4.78, 5) is 25.0. The van der Waals surface area contributed by atoms with Crippen LogP contribution in [0.1, 0.15) is 19.1 Å². The Morgan fingerprint density at radius 1 is 1.24 bits per heavy atom. The first kappa shape index (κ1) is 17.2. The number of likely N-dealkylation sites (tertiary alicyclic amines) is 1. The molecule has 2 aromatic rings. The van der Waals surface area contributed by atoms with E-state index in [1.54, 1.807) is 35.2 Å². The summed E-state index contributed by atoms with van der Waals surface area (Å²) >= 11 is 0. The molecule has 3 rings (SSSR count). The standard InChI is InChI=1S/C19H20FNO4/c1-12-10-21(11-15(12)19(23)24)18(22)9-7-13-6-8-17(25-13)14-4-2-3-5-16(14)20/h2-6,8,12,15H,7,9-11H2,1H3,(H,23,24)/t12-,15-/m1/s1. The molecule has 0 saturated carbocycles. The molecule has 1 aliphatic heterocycles. The lowest BCUT2D eigenvalue weighted by Crippen LogP contribution is -2.30. The molecule has 1 aromatic heterocycles. The summed E-state index contributed by atoms with van der Waals surface area (Å²) in [5, 5.41) is 9.14. The summed E-state index contributed by atoms with van der Waals surface area (Å²) < 4.78 is 19.4. The number of carboxylic acids is 1. The van der Waals surface area contributed by atoms with E-state index in [2.05, 4.69) is 0 Å². The minimum atomic E-state index is -0.858. The first-order valence-corrected chi connectivity index (χ1v) is 8.30. The largest absolute Gasteiger partial charge is 0.481 e. The number of benzene rings is 1. The van der Waals surface area contributed by atoms with Gasteiger partial charge in [-0.3, -0.25) is 9.59 Å². The molecule has 0 spiro atoms. The summed E-state index contributed by atoms with van der Waals surface area (Å²) in [6.45, 7) is 2.57. The maximum Gasteiger partial charge on any atom is 0.308 e. The van der Waals surface area contributed by atoms with E-state index < -0.39 is 11.9 Å². The van der Waals surface area contributed by atoms with Gasteiger partial charge >= 0.3 is 5.97 Å². The number of hydrogen-bond donors (Lipinski definition) is 1. The Morgan fingerprint density at radius 3 is 2.68 bits per heavy atom. The minimum absolute atomic E-state index is 0.0438. The fourth-order valence-electron chi connectivity index (χ4n) is 3.20. The van der Waals surface area contributed by atoms with Crippen LogP contribution in [-0.2, 0) is 16.0 Å². The van der Waals surface area contributed by atoms with Gasteiger partial charge in [0.25, 0.3) is 0 Å². The van der Waals surface area contributed by atoms with Gasteiger partial charge in [0, 0.05) is 25.9 Å². The van der Waals surface area contributed by atoms with Gasteiger partial charge in [0.1, 0.15) is 17.3 Å². The molecule has 0 aliphatic carbocycles. The molecule has 132 valence electrons. The highest BCUT2D eigenvalue weighted by Gasteiger charge is 2.36. The molecule has 6 heteroatoms. The number of carbonyl (C=O) groups excluding carboxylic acids is 1. The first-order chi connectivity index (χ1) is 12.0. The molecular weight excluding hydrogens is 325 g/mol. The SMILES string of the molecule is C[C@@H]1CN(C(=O)CCc2ccc(-c3ccccc3F)o2)C[C@H]1C(=O)O. The van der Waals surface area contributed by atoms with Crippen molar-refractivity contribution >= 4 is 11.9 Å². The number of aliphatic carboxylic acids is 1. The molecule has 0 unspecified atom stereocenters. The molecule has 0 radical (unpaired) electrons. The van der Waals surface area contributed by atoms with Crippen molar-refractivity contribution in [2.24, 2.45) is 11.8 Å². The number of hydrogen-bond acceptors (Lipinski definition) is 3. The number of carboxylic acid groups (broad SMARTS) is 1. The van der Waals surface area contributed by atoms with Gasteiger partial charge in [0.05, 0.1) is 11.5 Å². The molecule has 1 N–H and O–H groups in total. The van der Waals surface area contributed by atoms with Crippen molar-refractivity contribution in [3.63, 3.8) is 0 Å². The van der Waals surface area contributed by atoms with E-state index in [0.29, 0.717) is 30.0 Å². The maximum absolute atomic E-state index is 13.8. The predicted molar refractivity (Wildman–Crippen MR) is 89.3 cm³/mol. The second kappa shape index (κ2) is 7.09. The van der Waals surface area contributed by atoms with Crippen molar-refractivity contribution < 1.29 is 23.5 Å². The van der Waals surface area contributed by atoms with Crippen molar-refractivity contribution in [3.8, 4) is 11.3 Å². The average molecular weight is 345 g/mol. The van der Waals surface area contributed by atoms with E-state index in [1.807, 2.05) is 6.92 Å². The number of halogens is 1. The lowest BCUT2D eigenvalue weighted by molar-refractivity contribution is -0.142. The highest BCUT2D eigenvalue weighted by atomic mass is 19.1. The van der Waals surface area contributed by atoms with Crippen LogP contribution in [-0.4, -0.2) is 35.0 Å². The van der Waals surface area contributed by atoms with Crippen molar-refractivity contribution in [1.82, 2.24) is 4.90 Å². The normalized spacial score (nSPS) is 20.0. The third kappa shape index (κ3) is 3.73. The van der Waals surface area contributed by atoms with Gasteiger partial charge in [-0.2, -0.15) is 0 Å². The van der Waals surface area contributed by atoms with Gasteiger partial charge < -0.3 is 14.4 Å². The third-order valence-corrected chi connectivity index (χ3v) is 4.67. The second-order valence-electron chi connectivity index (χ2n) is 6.47. The minimum Gasteiger partial charge on any atom is -0.481 e. The summed E-state index contributed by atoms with van der Waals surface area (Å²) in [5.41, 5.74) is 0.387. The molecule has 1 aromatic carbocycles. The Balaban J connectivity index is 1.59. The number of rotatable bonds is 5. The Labute approximate surface area is 145 Å². The molecule has 1 aliphatic rings. The number of nitrogens with zero attached hydrogens (tertiary/aromatic N) is 1. The topological polar surface area (TPSA) is 70.8 Å². The van der Waals surface area contributed by atoms with Crippen molar-refractivity contribution in [2.75, 3.05) is 13.1 Å². The van der Waals surface area contributed by atoms with E-state index in [1.165, 1.54) is 6.07 Å². The fraction of sp³-hybridized carbons (Fsp3) is 0.368. The van der Waals surface area contributed by atoms with Crippen molar-refractivity contribution in [1.29, 1.82) is 0 Å². The van der Waals surface area contributed by atoms with Crippen molar-refractivity contribution in [2.45, 2.75) is 19.8 Å². The summed E-state index contributed by atoms with van der Waals surface area (Å²) in [5.74, 6) is -0.805. The number of carbonyl (C=O) groups is 2. The highest BCUT2D eigenvalue weighted by molar-refractivity contribution is 5.79. The summed E-state index contributed by atoms with van der Waals surface area (Å²) in [6.07, 6.45) is 0.638. The zero-order chi connectivity index (χ0) is 18.0. The van der Waals surface area contributed by atoms with Crippen molar-refractivity contribution in [3.05, 3.63) is 48.0 Å². The Morgan fingerprint density at radius 2 is 2.00 bits per heavy atom. The van der Waals surface area contributed by atoms with Crippen LogP contribution in [0.2, 0.25) is 0 Å². The van der Waals surface area contributed by atoms with Gasteiger partial charge in [-0.1, -0.05) is 19.1 Å². The van der Waals surface area contributed by atoms with Crippen LogP contribution < -0.4 is 0 Å². The molecule has 1 fully saturated rings. The molecule has 1 saturated heterocycles. The Hall–Kier alpha value is -2.63. The smallest absolute Gasteiger partial charge is 0.308 e. The van der Waals surface area contributed by atoms with Gasteiger partial charge in [-0.15, -0.1) is 0 Å². The number of aryl methyl sites for hydroxylation is 1. The molecule has 2 atom stereocenters. The summed E-state index contributed by atoms with van der Waals surface area (Å²) in [6, 6.07) is 9.79. The zero-order valence-corrected chi connectivity index (χ0v) is 13.9. The van der Waals surface area contributed by atoms with Crippen LogP contribution in [0.15, 0.2) is 40.8 Å². The van der Waals surface area contributed by atoms with Gasteiger partial charge in [0.2, 0.25) is 5.91 Å². The van der Waals surface area contributed by atoms with Crippen LogP contribution in [0.25, 0.3) is 11.3 Å². The van der Waals surface area contributed by atoms with Crippen LogP contribution >= 0.6 is 0 Å². The molecule has 2 heterocycles. The molecular formula is C19H20FNO4. The second-order valence-corrected chi connectivity index (χ2v) is 6.47. The Kier molecular flexibility index (Phi) is 4.88. The molecule has 25 heavy (non-hydrogen) atoms. The third-order valence-electron chi connectivity index (χ3n) is 4.67. The van der Waals surface area contributed by atoms with E-state index in [-0.39, 0.29) is 30.6 Å². The average Bonchev–Trinajstić information content (AvgIpc) is 3.20. The molecule has 1 amide bonds. The fourth-order valence-corrected chi connectivity index (χ4v) is 3.20. The summed E-state index contributed by atoms with van der Waals surface area (Å²) in [7, 11) is 0. The Bertz CT molecular complexity index is 785. The lowest BCUT2D eigenvalue weighted by atomic mass is 9.99. The van der Waals surface area contributed by atoms with E-state index in [4.69, 9.17) is 9.52 Å². The van der Waals surface area contributed by atoms with Crippen LogP contribution in [0.5, 0.6) is 0 Å². The van der Waals surface area contributed by atoms with Gasteiger partial charge in [-0.25, -0.2) is 4.39 Å². The van der Waals surface area contributed by atoms with E-state index >= 15 is 0 Å². The van der Waals surface area contributed by atoms with Crippen LogP contribution in [0.3, 0.4) is 0 Å². The highest BCUT2D eigenvalue weighted by Crippen LogP contribution is 2.26. The van der Waals surface area contributed by atoms with Crippen LogP contribution in [0.4, 0.5) is 4.39 Å². The maximum atomic E-state index is 13.8. The monoisotopic (exact) mass is 345 g/mol. The predicted octanol–water partition coefficient (Wildman–Crippen LogP) is 3.20. The molecule has 0 bridgehead atoms. The lowest BCUT2D eigenvalue weighted by Gasteiger charge is -2.15. The van der Waals surface area contributed by atoms with E-state index in [0.717, 1.165) is 0 Å².